The molecule has 3 heterocycles. The zero-order chi connectivity index (χ0) is 23.3. The second kappa shape index (κ2) is 10.2. The molecule has 1 aliphatic rings. The Morgan fingerprint density at radius 3 is 2.68 bits per heavy atom. The topological polar surface area (TPSA) is 78.1 Å². The first-order chi connectivity index (χ1) is 16.7. The molecule has 1 unspecified atom stereocenters. The van der Waals surface area contributed by atoms with Gasteiger partial charge in [0.1, 0.15) is 4.70 Å². The number of thiophene rings is 1. The van der Waals surface area contributed by atoms with Crippen molar-refractivity contribution in [1.29, 1.82) is 0 Å². The maximum absolute atomic E-state index is 12.8. The van der Waals surface area contributed by atoms with Crippen molar-refractivity contribution in [3.8, 4) is 11.1 Å². The fraction of sp³-hybridized carbons (Fsp3) is 0.296. The van der Waals surface area contributed by atoms with Gasteiger partial charge in [0.15, 0.2) is 0 Å². The number of nitrogens with one attached hydrogen (secondary N) is 2. The average Bonchev–Trinajstić information content (AvgIpc) is 3.32. The second-order valence-corrected chi connectivity index (χ2v) is 9.63. The summed E-state index contributed by atoms with van der Waals surface area (Å²) in [6.07, 6.45) is 3.60. The largest absolute Gasteiger partial charge is 0.356 e. The Kier molecular flexibility index (Phi) is 6.72. The van der Waals surface area contributed by atoms with Crippen molar-refractivity contribution in [3.05, 3.63) is 82.0 Å². The van der Waals surface area contributed by atoms with E-state index in [4.69, 9.17) is 4.98 Å². The molecule has 174 valence electrons. The molecule has 1 saturated heterocycles. The van der Waals surface area contributed by atoms with Crippen LogP contribution in [0, 0.1) is 5.92 Å². The molecule has 1 aliphatic heterocycles. The number of carbonyl (C=O) groups excluding carboxylic acids is 1. The van der Waals surface area contributed by atoms with Crippen molar-refractivity contribution in [1.82, 2.24) is 15.3 Å². The lowest BCUT2D eigenvalue weighted by atomic mass is 9.97. The van der Waals surface area contributed by atoms with Crippen LogP contribution in [-0.2, 0) is 11.2 Å². The molecule has 0 bridgehead atoms. The Labute approximate surface area is 202 Å². The minimum Gasteiger partial charge on any atom is -0.356 e. The molecule has 0 aliphatic carbocycles. The summed E-state index contributed by atoms with van der Waals surface area (Å²) in [6, 6.07) is 20.3. The van der Waals surface area contributed by atoms with Gasteiger partial charge >= 0.3 is 0 Å². The lowest BCUT2D eigenvalue weighted by Gasteiger charge is -2.32. The summed E-state index contributed by atoms with van der Waals surface area (Å²) in [6.45, 7) is 2.00. The maximum Gasteiger partial charge on any atom is 0.270 e. The third-order valence-electron chi connectivity index (χ3n) is 6.37. The highest BCUT2D eigenvalue weighted by Gasteiger charge is 2.27. The van der Waals surface area contributed by atoms with Crippen LogP contribution < -0.4 is 15.8 Å². The SMILES string of the molecule is O=C(NCCCc1ccccc1)C1CCCN(c2nc3c(-c4ccccc4)csc3c(=O)[nH]2)C1. The molecule has 4 aromatic rings. The van der Waals surface area contributed by atoms with Gasteiger partial charge in [0.05, 0.1) is 11.4 Å². The van der Waals surface area contributed by atoms with E-state index in [1.165, 1.54) is 16.9 Å². The number of aromatic amines is 1. The molecule has 0 spiro atoms. The van der Waals surface area contributed by atoms with Crippen LogP contribution in [0.4, 0.5) is 5.95 Å². The summed E-state index contributed by atoms with van der Waals surface area (Å²) in [5.74, 6) is 0.527. The number of aryl methyl sites for hydroxylation is 1. The van der Waals surface area contributed by atoms with E-state index in [1.54, 1.807) is 0 Å². The van der Waals surface area contributed by atoms with E-state index < -0.39 is 0 Å². The number of benzene rings is 2. The molecule has 2 N–H and O–H groups in total. The van der Waals surface area contributed by atoms with Gasteiger partial charge in [-0.05, 0) is 36.8 Å². The van der Waals surface area contributed by atoms with Crippen molar-refractivity contribution in [3.63, 3.8) is 0 Å². The summed E-state index contributed by atoms with van der Waals surface area (Å²) in [4.78, 5) is 35.5. The lowest BCUT2D eigenvalue weighted by molar-refractivity contribution is -0.125. The molecule has 6 nitrogen and oxygen atoms in total. The number of anilines is 1. The van der Waals surface area contributed by atoms with Crippen molar-refractivity contribution in [2.45, 2.75) is 25.7 Å². The quantitative estimate of drug-likeness (QED) is 0.385. The molecule has 0 radical (unpaired) electrons. The van der Waals surface area contributed by atoms with Gasteiger partial charge < -0.3 is 10.2 Å². The van der Waals surface area contributed by atoms with E-state index in [0.717, 1.165) is 48.9 Å². The van der Waals surface area contributed by atoms with Crippen molar-refractivity contribution < 1.29 is 4.79 Å². The average molecular weight is 473 g/mol. The summed E-state index contributed by atoms with van der Waals surface area (Å²) < 4.78 is 0.632. The minimum atomic E-state index is -0.125. The number of fused-ring (bicyclic) bond motifs is 1. The fourth-order valence-corrected chi connectivity index (χ4v) is 5.47. The zero-order valence-electron chi connectivity index (χ0n) is 19.0. The monoisotopic (exact) mass is 472 g/mol. The van der Waals surface area contributed by atoms with E-state index in [0.29, 0.717) is 23.7 Å². The lowest BCUT2D eigenvalue weighted by Crippen LogP contribution is -2.44. The van der Waals surface area contributed by atoms with Gasteiger partial charge in [-0.25, -0.2) is 4.98 Å². The summed E-state index contributed by atoms with van der Waals surface area (Å²) in [5.41, 5.74) is 3.90. The van der Waals surface area contributed by atoms with Crippen molar-refractivity contribution in [2.75, 3.05) is 24.5 Å². The van der Waals surface area contributed by atoms with Crippen LogP contribution >= 0.6 is 11.3 Å². The molecule has 0 saturated carbocycles. The van der Waals surface area contributed by atoms with Crippen LogP contribution in [0.2, 0.25) is 0 Å². The molecule has 7 heteroatoms. The predicted octanol–water partition coefficient (Wildman–Crippen LogP) is 4.62. The summed E-state index contributed by atoms with van der Waals surface area (Å²) >= 11 is 1.42. The van der Waals surface area contributed by atoms with Crippen molar-refractivity contribution in [2.24, 2.45) is 5.92 Å². The molecular formula is C27H28N4O2S. The minimum absolute atomic E-state index is 0.0849. The Bertz CT molecular complexity index is 1320. The molecule has 2 aromatic carbocycles. The highest BCUT2D eigenvalue weighted by atomic mass is 32.1. The van der Waals surface area contributed by atoms with Crippen molar-refractivity contribution >= 4 is 33.4 Å². The summed E-state index contributed by atoms with van der Waals surface area (Å²) in [7, 11) is 0. The van der Waals surface area contributed by atoms with Crippen LogP contribution in [0.3, 0.4) is 0 Å². The third-order valence-corrected chi connectivity index (χ3v) is 7.34. The number of carbonyl (C=O) groups is 1. The van der Waals surface area contributed by atoms with Gasteiger partial charge in [-0.15, -0.1) is 11.3 Å². The number of piperidine rings is 1. The number of aromatic nitrogens is 2. The molecule has 5 rings (SSSR count). The van der Waals surface area contributed by atoms with Gasteiger partial charge in [-0.2, -0.15) is 0 Å². The number of hydrogen-bond donors (Lipinski definition) is 2. The Morgan fingerprint density at radius 1 is 1.12 bits per heavy atom. The maximum atomic E-state index is 12.8. The number of hydrogen-bond acceptors (Lipinski definition) is 5. The van der Waals surface area contributed by atoms with E-state index in [2.05, 4.69) is 22.4 Å². The first kappa shape index (κ1) is 22.3. The van der Waals surface area contributed by atoms with Crippen LogP contribution in [-0.4, -0.2) is 35.5 Å². The molecule has 2 aromatic heterocycles. The highest BCUT2D eigenvalue weighted by Crippen LogP contribution is 2.32. The smallest absolute Gasteiger partial charge is 0.270 e. The van der Waals surface area contributed by atoms with Gasteiger partial charge in [-0.1, -0.05) is 60.7 Å². The Hall–Kier alpha value is -3.45. The molecule has 1 amide bonds. The number of rotatable bonds is 7. The number of amides is 1. The van der Waals surface area contributed by atoms with Crippen LogP contribution in [0.25, 0.3) is 21.3 Å². The zero-order valence-corrected chi connectivity index (χ0v) is 19.8. The standard InChI is InChI=1S/C27H28N4O2S/c32-25(28-15-7-11-19-9-3-1-4-10-19)21-14-8-16-31(17-21)27-29-23-22(20-12-5-2-6-13-20)18-34-24(23)26(33)30-27/h1-6,9-10,12-13,18,21H,7-8,11,14-17H2,(H,28,32)(H,29,30,33). The number of nitrogens with zero attached hydrogens (tertiary/aromatic N) is 2. The molecule has 1 atom stereocenters. The van der Waals surface area contributed by atoms with E-state index >= 15 is 0 Å². The first-order valence-corrected chi connectivity index (χ1v) is 12.7. The van der Waals surface area contributed by atoms with E-state index in [1.807, 2.05) is 58.8 Å². The van der Waals surface area contributed by atoms with Gasteiger partial charge in [0.25, 0.3) is 5.56 Å². The fourth-order valence-electron chi connectivity index (χ4n) is 4.56. The molecule has 34 heavy (non-hydrogen) atoms. The highest BCUT2D eigenvalue weighted by molar-refractivity contribution is 7.17. The molecule has 1 fully saturated rings. The van der Waals surface area contributed by atoms with Gasteiger partial charge in [-0.3, -0.25) is 14.6 Å². The third kappa shape index (κ3) is 4.89. The Balaban J connectivity index is 1.26. The van der Waals surface area contributed by atoms with E-state index in [-0.39, 0.29) is 17.4 Å². The Morgan fingerprint density at radius 2 is 1.88 bits per heavy atom. The van der Waals surface area contributed by atoms with Crippen LogP contribution in [0.5, 0.6) is 0 Å². The normalized spacial score (nSPS) is 16.0. The van der Waals surface area contributed by atoms with Gasteiger partial charge in [0, 0.05) is 30.6 Å². The van der Waals surface area contributed by atoms with Crippen LogP contribution in [0.15, 0.2) is 70.8 Å². The van der Waals surface area contributed by atoms with Gasteiger partial charge in [0.2, 0.25) is 11.9 Å². The number of H-pyrrole nitrogens is 1. The molecular weight excluding hydrogens is 444 g/mol. The van der Waals surface area contributed by atoms with Crippen LogP contribution in [0.1, 0.15) is 24.8 Å². The summed E-state index contributed by atoms with van der Waals surface area (Å²) in [5, 5.41) is 5.10. The first-order valence-electron chi connectivity index (χ1n) is 11.8. The van der Waals surface area contributed by atoms with E-state index in [9.17, 15) is 9.59 Å². The predicted molar refractivity (Wildman–Crippen MR) is 138 cm³/mol. The second-order valence-electron chi connectivity index (χ2n) is 8.75.